The lowest BCUT2D eigenvalue weighted by Gasteiger charge is -2.12. The van der Waals surface area contributed by atoms with E-state index in [0.717, 1.165) is 0 Å². The fourth-order valence-corrected chi connectivity index (χ4v) is 5.07. The normalized spacial score (nSPS) is 22.0. The van der Waals surface area contributed by atoms with Crippen molar-refractivity contribution in [2.75, 3.05) is 17.2 Å². The van der Waals surface area contributed by atoms with Crippen LogP contribution in [0.3, 0.4) is 0 Å². The Balaban J connectivity index is 2.30. The second-order valence-corrected chi connectivity index (χ2v) is 8.44. The summed E-state index contributed by atoms with van der Waals surface area (Å²) in [5, 5.41) is 0. The van der Waals surface area contributed by atoms with Gasteiger partial charge in [0.2, 0.25) is 10.0 Å². The van der Waals surface area contributed by atoms with E-state index in [1.54, 1.807) is 0 Å². The highest BCUT2D eigenvalue weighted by Crippen LogP contribution is 2.22. The van der Waals surface area contributed by atoms with E-state index in [0.29, 0.717) is 12.1 Å². The van der Waals surface area contributed by atoms with Crippen LogP contribution in [0.25, 0.3) is 0 Å². The van der Waals surface area contributed by atoms with Gasteiger partial charge in [-0.3, -0.25) is 0 Å². The Morgan fingerprint density at radius 1 is 1.25 bits per heavy atom. The molecule has 0 spiro atoms. The average Bonchev–Trinajstić information content (AvgIpc) is 2.62. The lowest BCUT2D eigenvalue weighted by molar-refractivity contribution is 0.536. The van der Waals surface area contributed by atoms with Crippen molar-refractivity contribution in [3.05, 3.63) is 23.8 Å². The number of halogens is 2. The zero-order valence-electron chi connectivity index (χ0n) is 10.1. The van der Waals surface area contributed by atoms with Gasteiger partial charge in [-0.05, 0) is 12.5 Å². The first kappa shape index (κ1) is 15.1. The second kappa shape index (κ2) is 4.93. The summed E-state index contributed by atoms with van der Waals surface area (Å²) in [6.45, 7) is 0. The Morgan fingerprint density at radius 2 is 1.90 bits per heavy atom. The molecule has 1 atom stereocenters. The van der Waals surface area contributed by atoms with Crippen LogP contribution in [-0.4, -0.2) is 34.4 Å². The van der Waals surface area contributed by atoms with Crippen LogP contribution in [0.4, 0.5) is 14.5 Å². The number of hydrogen-bond donors (Lipinski definition) is 2. The number of hydrogen-bond acceptors (Lipinski definition) is 5. The Hall–Kier alpha value is -1.26. The van der Waals surface area contributed by atoms with Crippen molar-refractivity contribution in [2.45, 2.75) is 17.4 Å². The molecule has 3 N–H and O–H groups in total. The smallest absolute Gasteiger partial charge is 0.243 e. The van der Waals surface area contributed by atoms with Crippen LogP contribution in [0, 0.1) is 11.6 Å². The molecule has 0 aromatic heterocycles. The van der Waals surface area contributed by atoms with Gasteiger partial charge in [0.15, 0.2) is 9.84 Å². The second-order valence-electron chi connectivity index (χ2n) is 4.53. The summed E-state index contributed by atoms with van der Waals surface area (Å²) in [4.78, 5) is -0.805. The van der Waals surface area contributed by atoms with E-state index >= 15 is 0 Å². The largest absolute Gasteiger partial charge is 0.396 e. The third kappa shape index (κ3) is 3.07. The molecule has 1 fully saturated rings. The molecule has 0 aliphatic carbocycles. The van der Waals surface area contributed by atoms with Crippen LogP contribution >= 0.6 is 0 Å². The fourth-order valence-electron chi connectivity index (χ4n) is 1.92. The Labute approximate surface area is 114 Å². The molecule has 1 aromatic carbocycles. The van der Waals surface area contributed by atoms with Crippen LogP contribution in [-0.2, 0) is 19.9 Å². The van der Waals surface area contributed by atoms with E-state index < -0.39 is 48.1 Å². The van der Waals surface area contributed by atoms with Crippen LogP contribution in [0.2, 0.25) is 0 Å². The average molecular weight is 326 g/mol. The number of sulfonamides is 1. The van der Waals surface area contributed by atoms with Gasteiger partial charge in [0.1, 0.15) is 16.5 Å². The van der Waals surface area contributed by atoms with Crippen LogP contribution < -0.4 is 10.5 Å². The maximum atomic E-state index is 13.5. The summed E-state index contributed by atoms with van der Waals surface area (Å²) in [7, 11) is -7.58. The Kier molecular flexibility index (Phi) is 3.73. The molecule has 2 rings (SSSR count). The molecule has 1 aliphatic rings. The third-order valence-corrected chi connectivity index (χ3v) is 6.20. The van der Waals surface area contributed by atoms with E-state index in [2.05, 4.69) is 4.72 Å². The van der Waals surface area contributed by atoms with Crippen LogP contribution in [0.15, 0.2) is 17.0 Å². The predicted octanol–water partition coefficient (Wildman–Crippen LogP) is 0.0124. The molecule has 112 valence electrons. The first-order chi connectivity index (χ1) is 9.11. The summed E-state index contributed by atoms with van der Waals surface area (Å²) in [6.07, 6.45) is 0.111. The van der Waals surface area contributed by atoms with Gasteiger partial charge in [-0.15, -0.1) is 0 Å². The quantitative estimate of drug-likeness (QED) is 0.761. The number of rotatable bonds is 3. The van der Waals surface area contributed by atoms with E-state index in [1.807, 2.05) is 0 Å². The van der Waals surface area contributed by atoms with Gasteiger partial charge in [-0.25, -0.2) is 30.3 Å². The summed E-state index contributed by atoms with van der Waals surface area (Å²) in [5.74, 6) is -2.83. The van der Waals surface area contributed by atoms with Gasteiger partial charge in [0.25, 0.3) is 0 Å². The molecular formula is C10H12F2N2O4S2. The minimum atomic E-state index is -4.30. The maximum Gasteiger partial charge on any atom is 0.243 e. The number of nitrogens with two attached hydrogens (primary N) is 1. The molecule has 1 aromatic rings. The summed E-state index contributed by atoms with van der Waals surface area (Å²) >= 11 is 0. The molecule has 0 saturated carbocycles. The van der Waals surface area contributed by atoms with Crippen LogP contribution in [0.1, 0.15) is 6.42 Å². The molecule has 1 aliphatic heterocycles. The highest BCUT2D eigenvalue weighted by molar-refractivity contribution is 7.92. The van der Waals surface area contributed by atoms with Gasteiger partial charge in [0, 0.05) is 12.1 Å². The maximum absolute atomic E-state index is 13.5. The third-order valence-electron chi connectivity index (χ3n) is 2.89. The summed E-state index contributed by atoms with van der Waals surface area (Å²) in [5.41, 5.74) is 4.70. The van der Waals surface area contributed by atoms with E-state index in [1.165, 1.54) is 0 Å². The molecule has 0 bridgehead atoms. The van der Waals surface area contributed by atoms with Crippen molar-refractivity contribution in [2.24, 2.45) is 0 Å². The monoisotopic (exact) mass is 326 g/mol. The number of anilines is 1. The predicted molar refractivity (Wildman–Crippen MR) is 68.2 cm³/mol. The van der Waals surface area contributed by atoms with Gasteiger partial charge in [-0.1, -0.05) is 0 Å². The van der Waals surface area contributed by atoms with E-state index in [-0.39, 0.29) is 17.9 Å². The Bertz CT molecular complexity index is 747. The lowest BCUT2D eigenvalue weighted by atomic mass is 10.3. The molecular weight excluding hydrogens is 314 g/mol. The van der Waals surface area contributed by atoms with Crippen molar-refractivity contribution in [3.8, 4) is 0 Å². The molecule has 1 unspecified atom stereocenters. The SMILES string of the molecule is Nc1cc(S(=O)(=O)NC2CCS(=O)(=O)C2)c(F)cc1F. The topological polar surface area (TPSA) is 106 Å². The van der Waals surface area contributed by atoms with Crippen molar-refractivity contribution in [3.63, 3.8) is 0 Å². The summed E-state index contributed by atoms with van der Waals surface area (Å²) < 4.78 is 75.0. The van der Waals surface area contributed by atoms with Gasteiger partial charge >= 0.3 is 0 Å². The van der Waals surface area contributed by atoms with Gasteiger partial charge < -0.3 is 5.73 Å². The zero-order valence-corrected chi connectivity index (χ0v) is 11.8. The van der Waals surface area contributed by atoms with Crippen molar-refractivity contribution in [1.82, 2.24) is 4.72 Å². The molecule has 1 heterocycles. The fraction of sp³-hybridized carbons (Fsp3) is 0.400. The molecule has 6 nitrogen and oxygen atoms in total. The van der Waals surface area contributed by atoms with E-state index in [4.69, 9.17) is 5.73 Å². The highest BCUT2D eigenvalue weighted by Gasteiger charge is 2.32. The first-order valence-corrected chi connectivity index (χ1v) is 8.88. The van der Waals surface area contributed by atoms with Gasteiger partial charge in [0.05, 0.1) is 17.2 Å². The number of nitrogens with one attached hydrogen (secondary N) is 1. The van der Waals surface area contributed by atoms with Crippen molar-refractivity contribution < 1.29 is 25.6 Å². The first-order valence-electron chi connectivity index (χ1n) is 5.58. The minimum Gasteiger partial charge on any atom is -0.396 e. The highest BCUT2D eigenvalue weighted by atomic mass is 32.2. The van der Waals surface area contributed by atoms with Crippen molar-refractivity contribution >= 4 is 25.5 Å². The molecule has 20 heavy (non-hydrogen) atoms. The number of nitrogen functional groups attached to an aromatic ring is 1. The number of benzene rings is 1. The molecule has 1 saturated heterocycles. The Morgan fingerprint density at radius 3 is 2.45 bits per heavy atom. The number of sulfone groups is 1. The van der Waals surface area contributed by atoms with Crippen molar-refractivity contribution in [1.29, 1.82) is 0 Å². The summed E-state index contributed by atoms with van der Waals surface area (Å²) in [6, 6.07) is 0.210. The standard InChI is InChI=1S/C10H12F2N2O4S2/c11-7-3-8(12)10(4-9(7)13)20(17,18)14-6-1-2-19(15,16)5-6/h3-4,6,14H,1-2,5,13H2. The molecule has 0 amide bonds. The minimum absolute atomic E-state index is 0.111. The molecule has 10 heteroatoms. The van der Waals surface area contributed by atoms with Gasteiger partial charge in [-0.2, -0.15) is 0 Å². The van der Waals surface area contributed by atoms with E-state index in [9.17, 15) is 25.6 Å². The molecule has 0 radical (unpaired) electrons. The lowest BCUT2D eigenvalue weighted by Crippen LogP contribution is -2.36. The van der Waals surface area contributed by atoms with Crippen LogP contribution in [0.5, 0.6) is 0 Å². The zero-order chi connectivity index (χ0) is 15.1.